The zero-order chi connectivity index (χ0) is 33.0. The van der Waals surface area contributed by atoms with Crippen molar-refractivity contribution < 1.29 is 9.13 Å². The summed E-state index contributed by atoms with van der Waals surface area (Å²) in [5, 5.41) is 16.3. The maximum absolute atomic E-state index is 13.9. The number of benzene rings is 3. The molecule has 4 aromatic rings. The number of hydrogen-bond donors (Lipinski definition) is 3. The first-order chi connectivity index (χ1) is 22.0. The molecule has 3 N–H and O–H groups in total. The first kappa shape index (κ1) is 33.3. The summed E-state index contributed by atoms with van der Waals surface area (Å²) < 4.78 is 19.9. The zero-order valence-electron chi connectivity index (χ0n) is 26.4. The standard InChI is InChI=1S/C34H37Cl2FN8O/c1-21(2)45-19-31(41-42-45)34(23-8-6-7-22(13-23)20-46-12-11-43(3)4)44(5)26-15-27-32(40-25-9-10-30(37)28(35)14-25)24(17-38)18-39-33(27)29(36)16-26/h6-10,13-16,18-19,21,34,41-42H,11-12,20H2,1-5H3,(H,39,40)/t34-/m0/s1. The third-order valence-electron chi connectivity index (χ3n) is 7.69. The Balaban J connectivity index is 1.57. The predicted octanol–water partition coefficient (Wildman–Crippen LogP) is 7.13. The predicted molar refractivity (Wildman–Crippen MR) is 183 cm³/mol. The molecule has 1 aliphatic heterocycles. The van der Waals surface area contributed by atoms with E-state index in [9.17, 15) is 9.65 Å². The molecule has 1 aliphatic rings. The summed E-state index contributed by atoms with van der Waals surface area (Å²) in [4.78, 5) is 8.71. The Hall–Kier alpha value is -4.11. The van der Waals surface area contributed by atoms with Crippen molar-refractivity contribution in [2.75, 3.05) is 44.5 Å². The average molecular weight is 664 g/mol. The van der Waals surface area contributed by atoms with Crippen molar-refractivity contribution >= 4 is 51.2 Å². The number of ether oxygens (including phenoxy) is 1. The number of pyridine rings is 1. The highest BCUT2D eigenvalue weighted by Crippen LogP contribution is 2.39. The van der Waals surface area contributed by atoms with Gasteiger partial charge in [-0.05, 0) is 69.4 Å². The molecule has 9 nitrogen and oxygen atoms in total. The van der Waals surface area contributed by atoms with Crippen LogP contribution in [0.25, 0.3) is 10.9 Å². The summed E-state index contributed by atoms with van der Waals surface area (Å²) in [7, 11) is 6.04. The first-order valence-electron chi connectivity index (χ1n) is 14.9. The quantitative estimate of drug-likeness (QED) is 0.137. The molecular weight excluding hydrogens is 626 g/mol. The van der Waals surface area contributed by atoms with Crippen LogP contribution in [-0.4, -0.2) is 55.2 Å². The second-order valence-corrected chi connectivity index (χ2v) is 12.5. The van der Waals surface area contributed by atoms with E-state index in [1.807, 2.05) is 44.4 Å². The summed E-state index contributed by atoms with van der Waals surface area (Å²) in [6.45, 7) is 6.17. The van der Waals surface area contributed by atoms with E-state index >= 15 is 0 Å². The van der Waals surface area contributed by atoms with Crippen LogP contribution in [0.1, 0.15) is 36.6 Å². The number of likely N-dealkylation sites (N-methyl/N-ethyl adjacent to an activating group) is 2. The van der Waals surface area contributed by atoms with E-state index in [0.29, 0.717) is 46.1 Å². The fraction of sp³-hybridized carbons (Fsp3) is 0.294. The Morgan fingerprint density at radius 1 is 1.09 bits per heavy atom. The zero-order valence-corrected chi connectivity index (χ0v) is 27.9. The van der Waals surface area contributed by atoms with Gasteiger partial charge in [-0.25, -0.2) is 4.39 Å². The van der Waals surface area contributed by atoms with Gasteiger partial charge in [-0.2, -0.15) is 5.26 Å². The monoisotopic (exact) mass is 662 g/mol. The summed E-state index contributed by atoms with van der Waals surface area (Å²) in [6.07, 6.45) is 3.54. The van der Waals surface area contributed by atoms with E-state index in [1.54, 1.807) is 6.07 Å². The van der Waals surface area contributed by atoms with Gasteiger partial charge in [0.25, 0.3) is 0 Å². The highest BCUT2D eigenvalue weighted by Gasteiger charge is 2.28. The van der Waals surface area contributed by atoms with Gasteiger partial charge in [0.15, 0.2) is 0 Å². The van der Waals surface area contributed by atoms with Crippen molar-refractivity contribution in [3.05, 3.63) is 105 Å². The van der Waals surface area contributed by atoms with E-state index in [1.165, 1.54) is 18.3 Å². The van der Waals surface area contributed by atoms with Gasteiger partial charge >= 0.3 is 0 Å². The Morgan fingerprint density at radius 2 is 1.89 bits per heavy atom. The molecule has 0 saturated carbocycles. The number of hydrazine groups is 2. The van der Waals surface area contributed by atoms with Crippen LogP contribution in [0.3, 0.4) is 0 Å². The number of rotatable bonds is 12. The van der Waals surface area contributed by atoms with E-state index in [4.69, 9.17) is 27.9 Å². The molecule has 0 fully saturated rings. The first-order valence-corrected chi connectivity index (χ1v) is 15.6. The molecule has 0 radical (unpaired) electrons. The highest BCUT2D eigenvalue weighted by molar-refractivity contribution is 6.36. The van der Waals surface area contributed by atoms with Gasteiger partial charge in [-0.3, -0.25) is 9.99 Å². The molecule has 12 heteroatoms. The lowest BCUT2D eigenvalue weighted by Gasteiger charge is -2.32. The van der Waals surface area contributed by atoms with E-state index in [0.717, 1.165) is 29.1 Å². The van der Waals surface area contributed by atoms with Crippen molar-refractivity contribution in [3.8, 4) is 6.07 Å². The van der Waals surface area contributed by atoms with Gasteiger partial charge in [0.1, 0.15) is 11.9 Å². The Kier molecular flexibility index (Phi) is 10.5. The number of anilines is 3. The van der Waals surface area contributed by atoms with Crippen molar-refractivity contribution in [2.24, 2.45) is 0 Å². The van der Waals surface area contributed by atoms with Crippen LogP contribution in [0.5, 0.6) is 0 Å². The Bertz CT molecular complexity index is 1790. The number of nitrogens with zero attached hydrogens (tertiary/aromatic N) is 5. The minimum atomic E-state index is -0.533. The summed E-state index contributed by atoms with van der Waals surface area (Å²) in [5.74, 6) is -0.533. The van der Waals surface area contributed by atoms with Crippen molar-refractivity contribution in [1.29, 1.82) is 5.26 Å². The molecule has 5 rings (SSSR count). The maximum Gasteiger partial charge on any atom is 0.141 e. The third kappa shape index (κ3) is 7.47. The molecule has 2 heterocycles. The van der Waals surface area contributed by atoms with E-state index < -0.39 is 5.82 Å². The molecule has 0 saturated heterocycles. The largest absolute Gasteiger partial charge is 0.375 e. The molecule has 0 aliphatic carbocycles. The molecule has 0 spiro atoms. The second kappa shape index (κ2) is 14.5. The topological polar surface area (TPSA) is 91.7 Å². The maximum atomic E-state index is 13.9. The lowest BCUT2D eigenvalue weighted by molar-refractivity contribution is 0.105. The van der Waals surface area contributed by atoms with Crippen molar-refractivity contribution in [3.63, 3.8) is 0 Å². The molecule has 46 heavy (non-hydrogen) atoms. The van der Waals surface area contributed by atoms with Crippen LogP contribution in [0.15, 0.2) is 72.7 Å². The summed E-state index contributed by atoms with van der Waals surface area (Å²) >= 11 is 12.9. The SMILES string of the molecule is CC(C)N1C=C([C@H](c2cccc(COCCN(C)C)c2)N(C)c2cc(Cl)c3ncc(C#N)c(Nc4ccc(F)c(Cl)c4)c3c2)NN1. The van der Waals surface area contributed by atoms with Gasteiger partial charge < -0.3 is 25.3 Å². The molecule has 3 aromatic carbocycles. The number of fused-ring (bicyclic) bond motifs is 1. The summed E-state index contributed by atoms with van der Waals surface area (Å²) in [5.41, 5.74) is 12.3. The van der Waals surface area contributed by atoms with Crippen LogP contribution >= 0.6 is 23.2 Å². The average Bonchev–Trinajstić information content (AvgIpc) is 3.52. The van der Waals surface area contributed by atoms with E-state index in [2.05, 4.69) is 75.4 Å². The molecule has 240 valence electrons. The molecule has 1 aromatic heterocycles. The molecule has 0 unspecified atom stereocenters. The van der Waals surface area contributed by atoms with Crippen LogP contribution in [-0.2, 0) is 11.3 Å². The Morgan fingerprint density at radius 3 is 2.59 bits per heavy atom. The molecule has 1 atom stereocenters. The van der Waals surface area contributed by atoms with Gasteiger partial charge in [-0.15, -0.1) is 5.53 Å². The minimum absolute atomic E-state index is 0.0325. The second-order valence-electron chi connectivity index (χ2n) is 11.7. The fourth-order valence-corrected chi connectivity index (χ4v) is 5.64. The smallest absolute Gasteiger partial charge is 0.141 e. The van der Waals surface area contributed by atoms with Crippen LogP contribution < -0.4 is 21.2 Å². The highest BCUT2D eigenvalue weighted by atomic mass is 35.5. The lowest BCUT2D eigenvalue weighted by Crippen LogP contribution is -2.41. The van der Waals surface area contributed by atoms with Gasteiger partial charge in [0, 0.05) is 48.8 Å². The Labute approximate surface area is 279 Å². The summed E-state index contributed by atoms with van der Waals surface area (Å²) in [6, 6.07) is 18.6. The molecule has 0 bridgehead atoms. The van der Waals surface area contributed by atoms with Crippen LogP contribution in [0.4, 0.5) is 21.5 Å². The number of nitriles is 1. The molecular formula is C34H37Cl2FN8O. The lowest BCUT2D eigenvalue weighted by atomic mass is 9.99. The van der Waals surface area contributed by atoms with Crippen molar-refractivity contribution in [1.82, 2.24) is 25.9 Å². The van der Waals surface area contributed by atoms with Gasteiger partial charge in [0.05, 0.1) is 51.8 Å². The fourth-order valence-electron chi connectivity index (χ4n) is 5.20. The van der Waals surface area contributed by atoms with Crippen LogP contribution in [0, 0.1) is 17.1 Å². The van der Waals surface area contributed by atoms with Gasteiger partial charge in [-0.1, -0.05) is 47.5 Å². The minimum Gasteiger partial charge on any atom is -0.375 e. The number of hydrogen-bond acceptors (Lipinski definition) is 9. The number of halogens is 3. The van der Waals surface area contributed by atoms with E-state index in [-0.39, 0.29) is 17.1 Å². The number of aromatic nitrogens is 1. The normalized spacial score (nSPS) is 13.6. The van der Waals surface area contributed by atoms with Gasteiger partial charge in [0.2, 0.25) is 0 Å². The third-order valence-corrected chi connectivity index (χ3v) is 8.27. The number of nitrogens with one attached hydrogen (secondary N) is 3. The van der Waals surface area contributed by atoms with Crippen molar-refractivity contribution in [2.45, 2.75) is 32.5 Å². The van der Waals surface area contributed by atoms with Crippen LogP contribution in [0.2, 0.25) is 10.0 Å². The molecule has 0 amide bonds.